The number of rotatable bonds is 4. The van der Waals surface area contributed by atoms with E-state index in [0.717, 1.165) is 42.1 Å². The van der Waals surface area contributed by atoms with Gasteiger partial charge < -0.3 is 14.4 Å². The predicted molar refractivity (Wildman–Crippen MR) is 90.6 cm³/mol. The number of carbonyl (C=O) groups is 1. The highest BCUT2D eigenvalue weighted by Gasteiger charge is 2.23. The Morgan fingerprint density at radius 2 is 1.87 bits per heavy atom. The molecule has 1 aliphatic heterocycles. The van der Waals surface area contributed by atoms with Crippen LogP contribution in [0.25, 0.3) is 0 Å². The van der Waals surface area contributed by atoms with Crippen LogP contribution in [0.3, 0.4) is 0 Å². The first-order valence-electron chi connectivity index (χ1n) is 7.94. The lowest BCUT2D eigenvalue weighted by Crippen LogP contribution is -2.35. The van der Waals surface area contributed by atoms with Gasteiger partial charge in [0.25, 0.3) is 5.91 Å². The van der Waals surface area contributed by atoms with Gasteiger partial charge in [-0.3, -0.25) is 4.79 Å². The maximum atomic E-state index is 12.8. The molecule has 1 aliphatic rings. The van der Waals surface area contributed by atoms with Gasteiger partial charge in [-0.1, -0.05) is 0 Å². The van der Waals surface area contributed by atoms with Gasteiger partial charge in [-0.25, -0.2) is 0 Å². The van der Waals surface area contributed by atoms with Crippen LogP contribution in [0.15, 0.2) is 42.5 Å². The van der Waals surface area contributed by atoms with Crippen molar-refractivity contribution in [3.05, 3.63) is 53.6 Å². The van der Waals surface area contributed by atoms with Gasteiger partial charge in [0.05, 0.1) is 13.7 Å². The third kappa shape index (κ3) is 3.16. The molecule has 3 rings (SSSR count). The van der Waals surface area contributed by atoms with Gasteiger partial charge in [-0.2, -0.15) is 0 Å². The highest BCUT2D eigenvalue weighted by molar-refractivity contribution is 6.06. The molecule has 0 fully saturated rings. The number of nitrogens with zero attached hydrogens (tertiary/aromatic N) is 1. The zero-order chi connectivity index (χ0) is 16.2. The van der Waals surface area contributed by atoms with Gasteiger partial charge in [0.2, 0.25) is 0 Å². The molecular weight excluding hydrogens is 290 g/mol. The van der Waals surface area contributed by atoms with E-state index in [1.807, 2.05) is 54.3 Å². The normalized spacial score (nSPS) is 13.4. The van der Waals surface area contributed by atoms with Crippen molar-refractivity contribution in [2.45, 2.75) is 19.8 Å². The summed E-state index contributed by atoms with van der Waals surface area (Å²) in [5.74, 6) is 1.64. The molecule has 0 radical (unpaired) electrons. The molecule has 4 heteroatoms. The van der Waals surface area contributed by atoms with E-state index < -0.39 is 0 Å². The van der Waals surface area contributed by atoms with E-state index >= 15 is 0 Å². The summed E-state index contributed by atoms with van der Waals surface area (Å²) in [6.45, 7) is 3.30. The largest absolute Gasteiger partial charge is 0.497 e. The number of fused-ring (bicyclic) bond motifs is 1. The molecule has 0 spiro atoms. The molecule has 0 aliphatic carbocycles. The quantitative estimate of drug-likeness (QED) is 0.864. The summed E-state index contributed by atoms with van der Waals surface area (Å²) in [5, 5.41) is 0. The van der Waals surface area contributed by atoms with E-state index in [1.54, 1.807) is 7.11 Å². The van der Waals surface area contributed by atoms with Crippen LogP contribution in [0.1, 0.15) is 29.3 Å². The maximum absolute atomic E-state index is 12.8. The van der Waals surface area contributed by atoms with Gasteiger partial charge >= 0.3 is 0 Å². The minimum absolute atomic E-state index is 0.0270. The molecule has 0 saturated carbocycles. The number of aryl methyl sites for hydroxylation is 1. The maximum Gasteiger partial charge on any atom is 0.258 e. The predicted octanol–water partition coefficient (Wildman–Crippen LogP) is 3.69. The van der Waals surface area contributed by atoms with Gasteiger partial charge in [0, 0.05) is 17.8 Å². The number of methoxy groups -OCH3 is 1. The summed E-state index contributed by atoms with van der Waals surface area (Å²) in [7, 11) is 1.66. The lowest BCUT2D eigenvalue weighted by atomic mass is 10.0. The Balaban J connectivity index is 1.86. The SMILES string of the molecule is CCOc1ccc(C(=O)N2CCCc3cc(OC)ccc32)cc1. The second-order valence-corrected chi connectivity index (χ2v) is 5.51. The summed E-state index contributed by atoms with van der Waals surface area (Å²) in [4.78, 5) is 14.7. The fourth-order valence-corrected chi connectivity index (χ4v) is 2.93. The summed E-state index contributed by atoms with van der Waals surface area (Å²) >= 11 is 0. The molecule has 1 heterocycles. The first kappa shape index (κ1) is 15.4. The van der Waals surface area contributed by atoms with E-state index in [4.69, 9.17) is 9.47 Å². The molecule has 23 heavy (non-hydrogen) atoms. The minimum Gasteiger partial charge on any atom is -0.497 e. The molecule has 0 atom stereocenters. The Morgan fingerprint density at radius 1 is 1.13 bits per heavy atom. The molecule has 0 unspecified atom stereocenters. The van der Waals surface area contributed by atoms with Gasteiger partial charge in [0.15, 0.2) is 0 Å². The van der Waals surface area contributed by atoms with Crippen molar-refractivity contribution < 1.29 is 14.3 Å². The molecule has 2 aromatic carbocycles. The van der Waals surface area contributed by atoms with E-state index in [9.17, 15) is 4.79 Å². The fraction of sp³-hybridized carbons (Fsp3) is 0.316. The molecular formula is C19H21NO3. The minimum atomic E-state index is 0.0270. The lowest BCUT2D eigenvalue weighted by molar-refractivity contribution is 0.0985. The Kier molecular flexibility index (Phi) is 4.51. The molecule has 1 amide bonds. The van der Waals surface area contributed by atoms with Crippen LogP contribution in [-0.2, 0) is 6.42 Å². The van der Waals surface area contributed by atoms with Crippen LogP contribution in [0, 0.1) is 0 Å². The van der Waals surface area contributed by atoms with E-state index in [1.165, 1.54) is 0 Å². The number of anilines is 1. The third-order valence-corrected chi connectivity index (χ3v) is 4.06. The molecule has 4 nitrogen and oxygen atoms in total. The highest BCUT2D eigenvalue weighted by atomic mass is 16.5. The standard InChI is InChI=1S/C19H21NO3/c1-3-23-16-8-6-14(7-9-16)19(21)20-12-4-5-15-13-17(22-2)10-11-18(15)20/h6-11,13H,3-5,12H2,1-2H3. The molecule has 0 saturated heterocycles. The van der Waals surface area contributed by atoms with Crippen LogP contribution in [0.2, 0.25) is 0 Å². The van der Waals surface area contributed by atoms with Crippen LogP contribution in [0.4, 0.5) is 5.69 Å². The number of ether oxygens (including phenoxy) is 2. The second-order valence-electron chi connectivity index (χ2n) is 5.51. The Morgan fingerprint density at radius 3 is 2.57 bits per heavy atom. The van der Waals surface area contributed by atoms with Gasteiger partial charge in [0.1, 0.15) is 11.5 Å². The summed E-state index contributed by atoms with van der Waals surface area (Å²) in [6, 6.07) is 13.2. The van der Waals surface area contributed by atoms with E-state index in [2.05, 4.69) is 0 Å². The highest BCUT2D eigenvalue weighted by Crippen LogP contribution is 2.31. The van der Waals surface area contributed by atoms with Crippen molar-refractivity contribution in [1.82, 2.24) is 0 Å². The second kappa shape index (κ2) is 6.73. The van der Waals surface area contributed by atoms with Gasteiger partial charge in [-0.05, 0) is 67.8 Å². The first-order valence-corrected chi connectivity index (χ1v) is 7.94. The van der Waals surface area contributed by atoms with Crippen LogP contribution >= 0.6 is 0 Å². The van der Waals surface area contributed by atoms with Crippen molar-refractivity contribution in [3.63, 3.8) is 0 Å². The number of benzene rings is 2. The van der Waals surface area contributed by atoms with Crippen molar-refractivity contribution in [1.29, 1.82) is 0 Å². The fourth-order valence-electron chi connectivity index (χ4n) is 2.93. The Bertz CT molecular complexity index is 694. The average Bonchev–Trinajstić information content (AvgIpc) is 2.61. The topological polar surface area (TPSA) is 38.8 Å². The van der Waals surface area contributed by atoms with Crippen molar-refractivity contribution in [2.75, 3.05) is 25.2 Å². The van der Waals surface area contributed by atoms with Crippen molar-refractivity contribution in [2.24, 2.45) is 0 Å². The van der Waals surface area contributed by atoms with Crippen molar-refractivity contribution in [3.8, 4) is 11.5 Å². The third-order valence-electron chi connectivity index (χ3n) is 4.06. The monoisotopic (exact) mass is 311 g/mol. The summed E-state index contributed by atoms with van der Waals surface area (Å²) in [6.07, 6.45) is 1.93. The molecule has 0 aromatic heterocycles. The zero-order valence-electron chi connectivity index (χ0n) is 13.5. The number of hydrogen-bond acceptors (Lipinski definition) is 3. The molecule has 0 N–H and O–H groups in total. The number of carbonyl (C=O) groups excluding carboxylic acids is 1. The van der Waals surface area contributed by atoms with Crippen LogP contribution in [-0.4, -0.2) is 26.2 Å². The van der Waals surface area contributed by atoms with E-state index in [-0.39, 0.29) is 5.91 Å². The van der Waals surface area contributed by atoms with E-state index in [0.29, 0.717) is 12.2 Å². The molecule has 2 aromatic rings. The van der Waals surface area contributed by atoms with Crippen LogP contribution in [0.5, 0.6) is 11.5 Å². The Labute approximate surface area is 136 Å². The first-order chi connectivity index (χ1) is 11.2. The lowest BCUT2D eigenvalue weighted by Gasteiger charge is -2.30. The molecule has 120 valence electrons. The smallest absolute Gasteiger partial charge is 0.258 e. The Hall–Kier alpha value is -2.49. The van der Waals surface area contributed by atoms with Crippen molar-refractivity contribution >= 4 is 11.6 Å². The molecule has 0 bridgehead atoms. The zero-order valence-corrected chi connectivity index (χ0v) is 13.5. The van der Waals surface area contributed by atoms with Crippen LogP contribution < -0.4 is 14.4 Å². The average molecular weight is 311 g/mol. The summed E-state index contributed by atoms with van der Waals surface area (Å²) < 4.78 is 10.7. The van der Waals surface area contributed by atoms with Gasteiger partial charge in [-0.15, -0.1) is 0 Å². The summed E-state index contributed by atoms with van der Waals surface area (Å²) in [5.41, 5.74) is 2.82. The number of hydrogen-bond donors (Lipinski definition) is 0. The number of amides is 1.